The number of ether oxygens (including phenoxy) is 1. The Morgan fingerprint density at radius 3 is 2.50 bits per heavy atom. The van der Waals surface area contributed by atoms with Crippen LogP contribution in [0.1, 0.15) is 95.0 Å². The third-order valence-corrected chi connectivity index (χ3v) is 13.3. The van der Waals surface area contributed by atoms with E-state index in [4.69, 9.17) is 9.57 Å². The van der Waals surface area contributed by atoms with Crippen molar-refractivity contribution in [3.8, 4) is 16.9 Å². The number of fused-ring (bicyclic) bond motifs is 2. The highest BCUT2D eigenvalue weighted by Crippen LogP contribution is 2.61. The molecule has 0 unspecified atom stereocenters. The number of hydroxylamine groups is 2. The van der Waals surface area contributed by atoms with Gasteiger partial charge in [0.25, 0.3) is 5.91 Å². The Balaban J connectivity index is 1.25. The number of methoxy groups -OCH3 is 1. The second kappa shape index (κ2) is 16.0. The second-order valence-electron chi connectivity index (χ2n) is 16.9. The van der Waals surface area contributed by atoms with Crippen LogP contribution in [-0.4, -0.2) is 85.7 Å². The number of nitrogens with one attached hydrogen (secondary N) is 2. The van der Waals surface area contributed by atoms with Gasteiger partial charge >= 0.3 is 0 Å². The van der Waals surface area contributed by atoms with Gasteiger partial charge in [-0.2, -0.15) is 5.06 Å². The molecule has 2 amide bonds. The van der Waals surface area contributed by atoms with Gasteiger partial charge in [0.05, 0.1) is 26.4 Å². The van der Waals surface area contributed by atoms with E-state index in [9.17, 15) is 19.8 Å². The van der Waals surface area contributed by atoms with E-state index in [1.165, 1.54) is 38.5 Å². The van der Waals surface area contributed by atoms with Crippen molar-refractivity contribution in [2.45, 2.75) is 110 Å². The van der Waals surface area contributed by atoms with Crippen LogP contribution < -0.4 is 20.3 Å². The Labute approximate surface area is 310 Å². The number of aliphatic hydroxyl groups excluding tert-OH is 2. The molecule has 0 spiro atoms. The predicted octanol–water partition coefficient (Wildman–Crippen LogP) is 5.79. The molecule has 1 saturated heterocycles. The number of hydrogen-bond donors (Lipinski definition) is 4. The molecule has 2 aromatic rings. The van der Waals surface area contributed by atoms with Gasteiger partial charge in [0.2, 0.25) is 5.91 Å². The minimum Gasteiger partial charge on any atom is -0.496 e. The maximum absolute atomic E-state index is 14.2. The fourth-order valence-electron chi connectivity index (χ4n) is 9.95. The molecule has 4 saturated carbocycles. The molecule has 5 aliphatic rings. The molecule has 4 N–H and O–H groups in total. The summed E-state index contributed by atoms with van der Waals surface area (Å²) in [6, 6.07) is 11.0. The Morgan fingerprint density at radius 2 is 1.87 bits per heavy atom. The Bertz CT molecular complexity index is 1570. The molecule has 52 heavy (non-hydrogen) atoms. The lowest BCUT2D eigenvalue weighted by Gasteiger charge is -2.62. The van der Waals surface area contributed by atoms with Crippen molar-refractivity contribution < 1.29 is 29.4 Å². The van der Waals surface area contributed by atoms with Crippen molar-refractivity contribution in [3.05, 3.63) is 47.5 Å². The number of benzene rings is 2. The highest BCUT2D eigenvalue weighted by Gasteiger charge is 2.57. The van der Waals surface area contributed by atoms with Crippen LogP contribution in [-0.2, 0) is 16.2 Å². The van der Waals surface area contributed by atoms with Gasteiger partial charge in [-0.05, 0) is 79.0 Å². The molecule has 5 fully saturated rings. The van der Waals surface area contributed by atoms with E-state index in [2.05, 4.69) is 31.4 Å². The lowest BCUT2D eigenvalue weighted by atomic mass is 9.45. The smallest absolute Gasteiger partial charge is 0.251 e. The second-order valence-corrected chi connectivity index (χ2v) is 16.9. The lowest BCUT2D eigenvalue weighted by Crippen LogP contribution is -2.62. The fourth-order valence-corrected chi connectivity index (χ4v) is 9.95. The minimum absolute atomic E-state index is 0.0504. The number of anilines is 1. The van der Waals surface area contributed by atoms with Gasteiger partial charge in [0, 0.05) is 55.0 Å². The van der Waals surface area contributed by atoms with Crippen LogP contribution in [0.3, 0.4) is 0 Å². The first-order chi connectivity index (χ1) is 24.8. The van der Waals surface area contributed by atoms with Crippen LogP contribution in [0.5, 0.6) is 5.75 Å². The zero-order valence-corrected chi connectivity index (χ0v) is 32.4. The molecule has 2 aromatic carbocycles. The van der Waals surface area contributed by atoms with Crippen molar-refractivity contribution in [3.63, 3.8) is 0 Å². The highest BCUT2D eigenvalue weighted by molar-refractivity contribution is 5.97. The van der Waals surface area contributed by atoms with E-state index in [1.807, 2.05) is 55.4 Å². The van der Waals surface area contributed by atoms with Crippen LogP contribution in [0.4, 0.5) is 5.69 Å². The molecule has 1 aliphatic heterocycles. The summed E-state index contributed by atoms with van der Waals surface area (Å²) < 4.78 is 6.07. The summed E-state index contributed by atoms with van der Waals surface area (Å²) in [4.78, 5) is 36.0. The van der Waals surface area contributed by atoms with Crippen molar-refractivity contribution in [1.82, 2.24) is 15.7 Å². The monoisotopic (exact) mass is 718 g/mol. The number of carbonyl (C=O) groups excluding carboxylic acids is 2. The minimum atomic E-state index is -0.886. The molecule has 1 heterocycles. The Kier molecular flexibility index (Phi) is 11.9. The number of rotatable bonds is 13. The van der Waals surface area contributed by atoms with E-state index in [1.54, 1.807) is 19.1 Å². The highest BCUT2D eigenvalue weighted by atomic mass is 16.7. The van der Waals surface area contributed by atoms with Crippen LogP contribution in [0.25, 0.3) is 11.1 Å². The Morgan fingerprint density at radius 1 is 1.12 bits per heavy atom. The van der Waals surface area contributed by atoms with Crippen molar-refractivity contribution >= 4 is 17.5 Å². The van der Waals surface area contributed by atoms with Crippen LogP contribution in [0.15, 0.2) is 36.4 Å². The third kappa shape index (κ3) is 7.72. The van der Waals surface area contributed by atoms with Gasteiger partial charge in [-0.15, -0.1) is 0 Å². The summed E-state index contributed by atoms with van der Waals surface area (Å²) in [6.45, 7) is 9.11. The third-order valence-electron chi connectivity index (χ3n) is 13.3. The maximum Gasteiger partial charge on any atom is 0.251 e. The first-order valence-electron chi connectivity index (χ1n) is 19.6. The molecule has 7 rings (SSSR count). The summed E-state index contributed by atoms with van der Waals surface area (Å²) in [5, 5.41) is 29.4. The molecular formula is C42H62N4O6. The molecule has 4 aliphatic carbocycles. The van der Waals surface area contributed by atoms with Gasteiger partial charge in [-0.3, -0.25) is 14.4 Å². The normalized spacial score (nSPS) is 29.2. The van der Waals surface area contributed by atoms with E-state index in [0.717, 1.165) is 35.2 Å². The molecule has 10 nitrogen and oxygen atoms in total. The molecular weight excluding hydrogens is 656 g/mol. The van der Waals surface area contributed by atoms with Crippen LogP contribution in [0, 0.1) is 35.0 Å². The van der Waals surface area contributed by atoms with E-state index >= 15 is 0 Å². The quantitative estimate of drug-likeness (QED) is 0.205. The number of aliphatic hydroxyl groups is 2. The predicted molar refractivity (Wildman–Crippen MR) is 204 cm³/mol. The maximum atomic E-state index is 14.2. The van der Waals surface area contributed by atoms with Gasteiger partial charge in [-0.1, -0.05) is 71.1 Å². The number of nitrogens with zero attached hydrogens (tertiary/aromatic N) is 2. The molecule has 2 bridgehead atoms. The molecule has 10 heteroatoms. The summed E-state index contributed by atoms with van der Waals surface area (Å²) in [5.74, 6) is 1.88. The summed E-state index contributed by atoms with van der Waals surface area (Å²) >= 11 is 0. The van der Waals surface area contributed by atoms with Crippen molar-refractivity contribution in [1.29, 1.82) is 0 Å². The summed E-state index contributed by atoms with van der Waals surface area (Å²) in [6.07, 6.45) is 7.92. The van der Waals surface area contributed by atoms with Gasteiger partial charge in [-0.25, -0.2) is 0 Å². The first-order valence-corrected chi connectivity index (χ1v) is 19.6. The average Bonchev–Trinajstić information content (AvgIpc) is 3.51. The van der Waals surface area contributed by atoms with Crippen molar-refractivity contribution in [2.24, 2.45) is 35.0 Å². The molecule has 0 radical (unpaired) electrons. The fraction of sp³-hybridized carbons (Fsp3) is 0.667. The number of carbonyl (C=O) groups is 2. The number of amides is 2. The van der Waals surface area contributed by atoms with Gasteiger partial charge in [0.1, 0.15) is 17.9 Å². The SMILES string of the molecule is COc1c(CN2O[C@@H](CO)[C@H]([C@H](C)O)[C@H]2C(=O)N[C@H]2C[C@@H]3C[C@@H]([C@@H]2C)C3(C)C)cccc1-c1cc(C(=O)NCCC2CCCCC2)cc(N(C)C)c1. The van der Waals surface area contributed by atoms with Crippen LogP contribution >= 0.6 is 0 Å². The lowest BCUT2D eigenvalue weighted by molar-refractivity contribution is -0.183. The van der Waals surface area contributed by atoms with Crippen LogP contribution in [0.2, 0.25) is 0 Å². The first kappa shape index (κ1) is 38.5. The van der Waals surface area contributed by atoms with E-state index in [0.29, 0.717) is 46.9 Å². The standard InChI is InChI=1S/C42H62N4O6/c1-25-34-21-31(42(34,3)4)22-35(25)44-41(50)38-37(26(2)48)36(24-47)52-46(38)23-28-14-11-15-33(39(28)51-7)29-18-30(20-32(19-29)45(5)6)40(49)43-17-16-27-12-9-8-10-13-27/h11,14-15,18-20,25-27,31,34-38,47-48H,8-10,12-13,16-17,21-24H2,1-7H3,(H,43,49)(H,44,50)/t25-,26-,31-,34-,35-,36-,37-,38-/m0/s1. The van der Waals surface area contributed by atoms with Crippen molar-refractivity contribution in [2.75, 3.05) is 39.3 Å². The van der Waals surface area contributed by atoms with Gasteiger partial charge in [0.15, 0.2) is 0 Å². The van der Waals surface area contributed by atoms with E-state index < -0.39 is 24.2 Å². The summed E-state index contributed by atoms with van der Waals surface area (Å²) in [7, 11) is 5.54. The molecule has 0 aromatic heterocycles. The summed E-state index contributed by atoms with van der Waals surface area (Å²) in [5.41, 5.74) is 4.19. The van der Waals surface area contributed by atoms with E-state index in [-0.39, 0.29) is 31.0 Å². The average molecular weight is 719 g/mol. The largest absolute Gasteiger partial charge is 0.496 e. The van der Waals surface area contributed by atoms with Gasteiger partial charge < -0.3 is 30.5 Å². The topological polar surface area (TPSA) is 124 Å². The molecule has 8 atom stereocenters. The molecule has 286 valence electrons. The Hall–Kier alpha value is -3.18. The zero-order valence-electron chi connectivity index (χ0n) is 32.4. The number of hydrogen-bond acceptors (Lipinski definition) is 8. The number of para-hydroxylation sites is 1. The zero-order chi connectivity index (χ0) is 37.3.